The van der Waals surface area contributed by atoms with Gasteiger partial charge in [0.25, 0.3) is 0 Å². The van der Waals surface area contributed by atoms with Gasteiger partial charge in [-0.3, -0.25) is 0 Å². The summed E-state index contributed by atoms with van der Waals surface area (Å²) in [6, 6.07) is 12.1. The van der Waals surface area contributed by atoms with Crippen LogP contribution in [0.5, 0.6) is 0 Å². The van der Waals surface area contributed by atoms with Crippen LogP contribution < -0.4 is 5.73 Å². The molecule has 0 radical (unpaired) electrons. The Morgan fingerprint density at radius 1 is 0.947 bits per heavy atom. The second-order valence-electron chi connectivity index (χ2n) is 4.15. The van der Waals surface area contributed by atoms with Gasteiger partial charge in [-0.05, 0) is 35.4 Å². The maximum atomic E-state index is 13.3. The highest BCUT2D eigenvalue weighted by atomic mass is 19.1. The number of ether oxygens (including phenoxy) is 1. The molecule has 0 saturated carbocycles. The van der Waals surface area contributed by atoms with E-state index in [4.69, 9.17) is 10.5 Å². The standard InChI is InChI=1S/C15H15F2NO/c16-13-6-4-11(5-7-13)15(19-9-8-18)12-2-1-3-14(17)10-12/h1-7,10,15H,8-9,18H2. The first-order valence-corrected chi connectivity index (χ1v) is 6.03. The van der Waals surface area contributed by atoms with E-state index in [1.165, 1.54) is 24.3 Å². The van der Waals surface area contributed by atoms with E-state index >= 15 is 0 Å². The molecule has 2 aromatic carbocycles. The van der Waals surface area contributed by atoms with Gasteiger partial charge in [-0.1, -0.05) is 24.3 Å². The largest absolute Gasteiger partial charge is 0.367 e. The highest BCUT2D eigenvalue weighted by molar-refractivity contribution is 5.30. The Morgan fingerprint density at radius 3 is 2.32 bits per heavy atom. The second-order valence-corrected chi connectivity index (χ2v) is 4.15. The summed E-state index contributed by atoms with van der Waals surface area (Å²) in [6.07, 6.45) is -0.445. The van der Waals surface area contributed by atoms with Crippen LogP contribution in [0.1, 0.15) is 17.2 Å². The maximum absolute atomic E-state index is 13.3. The van der Waals surface area contributed by atoms with Gasteiger partial charge in [0, 0.05) is 6.54 Å². The molecule has 0 aliphatic rings. The summed E-state index contributed by atoms with van der Waals surface area (Å²) in [7, 11) is 0. The number of hydrogen-bond donors (Lipinski definition) is 1. The van der Waals surface area contributed by atoms with Crippen LogP contribution in [0.3, 0.4) is 0 Å². The highest BCUT2D eigenvalue weighted by Crippen LogP contribution is 2.26. The zero-order valence-electron chi connectivity index (χ0n) is 10.4. The lowest BCUT2D eigenvalue weighted by atomic mass is 10.0. The molecule has 19 heavy (non-hydrogen) atoms. The van der Waals surface area contributed by atoms with Crippen molar-refractivity contribution in [2.24, 2.45) is 5.73 Å². The summed E-state index contributed by atoms with van der Waals surface area (Å²) in [5, 5.41) is 0. The van der Waals surface area contributed by atoms with Crippen molar-refractivity contribution in [2.45, 2.75) is 6.10 Å². The van der Waals surface area contributed by atoms with Gasteiger partial charge in [0.05, 0.1) is 6.61 Å². The average molecular weight is 263 g/mol. The number of hydrogen-bond acceptors (Lipinski definition) is 2. The second kappa shape index (κ2) is 6.41. The Bertz CT molecular complexity index is 528. The third kappa shape index (κ3) is 3.59. The minimum Gasteiger partial charge on any atom is -0.367 e. The summed E-state index contributed by atoms with van der Waals surface area (Å²) in [4.78, 5) is 0. The summed E-state index contributed by atoms with van der Waals surface area (Å²) < 4.78 is 31.9. The normalized spacial score (nSPS) is 12.4. The minimum absolute atomic E-state index is 0.319. The first-order valence-electron chi connectivity index (χ1n) is 6.03. The smallest absolute Gasteiger partial charge is 0.123 e. The summed E-state index contributed by atoms with van der Waals surface area (Å²) in [5.41, 5.74) is 6.87. The van der Waals surface area contributed by atoms with Crippen LogP contribution in [0.2, 0.25) is 0 Å². The van der Waals surface area contributed by atoms with E-state index in [2.05, 4.69) is 0 Å². The molecule has 2 N–H and O–H groups in total. The van der Waals surface area contributed by atoms with Crippen LogP contribution in [0.25, 0.3) is 0 Å². The Kier molecular flexibility index (Phi) is 4.60. The Hall–Kier alpha value is -1.78. The molecule has 0 aliphatic heterocycles. The fourth-order valence-electron chi connectivity index (χ4n) is 1.88. The molecule has 4 heteroatoms. The highest BCUT2D eigenvalue weighted by Gasteiger charge is 2.15. The van der Waals surface area contributed by atoms with E-state index < -0.39 is 6.10 Å². The van der Waals surface area contributed by atoms with Crippen LogP contribution in [-0.4, -0.2) is 13.2 Å². The molecule has 1 atom stereocenters. The van der Waals surface area contributed by atoms with Gasteiger partial charge in [0.2, 0.25) is 0 Å². The van der Waals surface area contributed by atoms with Crippen molar-refractivity contribution in [1.82, 2.24) is 0 Å². The predicted octanol–water partition coefficient (Wildman–Crippen LogP) is 3.03. The van der Waals surface area contributed by atoms with Gasteiger partial charge >= 0.3 is 0 Å². The molecule has 0 amide bonds. The van der Waals surface area contributed by atoms with E-state index in [0.29, 0.717) is 18.7 Å². The molecule has 2 rings (SSSR count). The van der Waals surface area contributed by atoms with Crippen molar-refractivity contribution in [3.8, 4) is 0 Å². The maximum Gasteiger partial charge on any atom is 0.123 e. The summed E-state index contributed by atoms with van der Waals surface area (Å²) in [5.74, 6) is -0.651. The van der Waals surface area contributed by atoms with Crippen LogP contribution in [0.15, 0.2) is 48.5 Å². The van der Waals surface area contributed by atoms with Crippen molar-refractivity contribution < 1.29 is 13.5 Å². The molecule has 1 unspecified atom stereocenters. The number of halogens is 2. The monoisotopic (exact) mass is 263 g/mol. The van der Waals surface area contributed by atoms with Gasteiger partial charge in [0.1, 0.15) is 17.7 Å². The van der Waals surface area contributed by atoms with E-state index in [-0.39, 0.29) is 11.6 Å². The molecule has 0 saturated heterocycles. The van der Waals surface area contributed by atoms with E-state index in [9.17, 15) is 8.78 Å². The molecule has 0 aliphatic carbocycles. The summed E-state index contributed by atoms with van der Waals surface area (Å²) in [6.45, 7) is 0.714. The zero-order chi connectivity index (χ0) is 13.7. The molecule has 0 heterocycles. The van der Waals surface area contributed by atoms with Crippen molar-refractivity contribution in [2.75, 3.05) is 13.2 Å². The first-order chi connectivity index (χ1) is 9.20. The number of benzene rings is 2. The molecular formula is C15H15F2NO. The van der Waals surface area contributed by atoms with Crippen LogP contribution in [-0.2, 0) is 4.74 Å². The molecule has 2 aromatic rings. The molecule has 0 fully saturated rings. The van der Waals surface area contributed by atoms with Crippen molar-refractivity contribution >= 4 is 0 Å². The van der Waals surface area contributed by atoms with Crippen molar-refractivity contribution in [3.05, 3.63) is 71.3 Å². The molecular weight excluding hydrogens is 248 g/mol. The van der Waals surface area contributed by atoms with Crippen LogP contribution >= 0.6 is 0 Å². The topological polar surface area (TPSA) is 35.2 Å². The van der Waals surface area contributed by atoms with Gasteiger partial charge in [-0.15, -0.1) is 0 Å². The molecule has 0 spiro atoms. The third-order valence-corrected chi connectivity index (χ3v) is 2.73. The predicted molar refractivity (Wildman–Crippen MR) is 69.6 cm³/mol. The SMILES string of the molecule is NCCOC(c1ccc(F)cc1)c1cccc(F)c1. The van der Waals surface area contributed by atoms with Gasteiger partial charge in [0.15, 0.2) is 0 Å². The lowest BCUT2D eigenvalue weighted by Gasteiger charge is -2.18. The quantitative estimate of drug-likeness (QED) is 0.900. The number of nitrogens with two attached hydrogens (primary N) is 1. The van der Waals surface area contributed by atoms with Gasteiger partial charge in [-0.2, -0.15) is 0 Å². The zero-order valence-corrected chi connectivity index (χ0v) is 10.4. The lowest BCUT2D eigenvalue weighted by molar-refractivity contribution is 0.0862. The molecule has 0 bridgehead atoms. The molecule has 0 aromatic heterocycles. The van der Waals surface area contributed by atoms with Crippen molar-refractivity contribution in [3.63, 3.8) is 0 Å². The van der Waals surface area contributed by atoms with E-state index in [0.717, 1.165) is 5.56 Å². The van der Waals surface area contributed by atoms with E-state index in [1.807, 2.05) is 0 Å². The summed E-state index contributed by atoms with van der Waals surface area (Å²) >= 11 is 0. The fourth-order valence-corrected chi connectivity index (χ4v) is 1.88. The Morgan fingerprint density at radius 2 is 1.68 bits per heavy atom. The first kappa shape index (κ1) is 13.6. The van der Waals surface area contributed by atoms with E-state index in [1.54, 1.807) is 24.3 Å². The minimum atomic E-state index is -0.445. The molecule has 100 valence electrons. The van der Waals surface area contributed by atoms with Gasteiger partial charge < -0.3 is 10.5 Å². The average Bonchev–Trinajstić information content (AvgIpc) is 2.41. The van der Waals surface area contributed by atoms with Crippen LogP contribution in [0.4, 0.5) is 8.78 Å². The third-order valence-electron chi connectivity index (χ3n) is 2.73. The Labute approximate surface area is 110 Å². The van der Waals surface area contributed by atoms with Gasteiger partial charge in [-0.25, -0.2) is 8.78 Å². The van der Waals surface area contributed by atoms with Crippen LogP contribution in [0, 0.1) is 11.6 Å². The number of rotatable bonds is 5. The fraction of sp³-hybridized carbons (Fsp3) is 0.200. The lowest BCUT2D eigenvalue weighted by Crippen LogP contribution is -2.14. The Balaban J connectivity index is 2.32. The van der Waals surface area contributed by atoms with Crippen molar-refractivity contribution in [1.29, 1.82) is 0 Å². The molecule has 2 nitrogen and oxygen atoms in total.